The lowest BCUT2D eigenvalue weighted by Crippen LogP contribution is -2.03. The summed E-state index contributed by atoms with van der Waals surface area (Å²) in [7, 11) is 0. The van der Waals surface area contributed by atoms with Crippen LogP contribution >= 0.6 is 0 Å². The Hall–Kier alpha value is -4.38. The van der Waals surface area contributed by atoms with Gasteiger partial charge in [-0.15, -0.1) is 0 Å². The molecule has 33 heavy (non-hydrogen) atoms. The van der Waals surface area contributed by atoms with E-state index in [1.807, 2.05) is 48.5 Å². The third-order valence-electron chi connectivity index (χ3n) is 5.28. The molecule has 0 aliphatic rings. The highest BCUT2D eigenvalue weighted by Gasteiger charge is 2.09. The number of nitrogens with two attached hydrogens (primary N) is 2. The number of ketones is 2. The Bertz CT molecular complexity index is 1140. The third-order valence-corrected chi connectivity index (χ3v) is 5.28. The van der Waals surface area contributed by atoms with Crippen LogP contribution in [0.2, 0.25) is 0 Å². The number of hydrogen-bond donors (Lipinski definition) is 2. The molecule has 4 rings (SSSR count). The minimum absolute atomic E-state index is 0.0350. The van der Waals surface area contributed by atoms with Crippen molar-refractivity contribution in [1.29, 1.82) is 0 Å². The number of hydrogen-bond acceptors (Lipinski definition) is 5. The summed E-state index contributed by atoms with van der Waals surface area (Å²) in [5.74, 6) is 1.41. The normalized spacial score (nSPS) is 10.5. The van der Waals surface area contributed by atoms with Gasteiger partial charge < -0.3 is 16.2 Å². The first-order chi connectivity index (χ1) is 16.0. The number of rotatable bonds is 8. The molecule has 164 valence electrons. The number of carbonyl (C=O) groups is 2. The van der Waals surface area contributed by atoms with E-state index in [9.17, 15) is 9.59 Å². The minimum atomic E-state index is 0.0350. The summed E-state index contributed by atoms with van der Waals surface area (Å²) in [6.45, 7) is 0. The van der Waals surface area contributed by atoms with Crippen molar-refractivity contribution in [2.75, 3.05) is 11.5 Å². The summed E-state index contributed by atoms with van der Waals surface area (Å²) >= 11 is 0. The first-order valence-electron chi connectivity index (χ1n) is 10.6. The Morgan fingerprint density at radius 3 is 1.18 bits per heavy atom. The SMILES string of the molecule is Nc1ccc(C(=O)Cc2ccc(Oc3ccc(CC(=O)c4ccc(N)cc4)cc3)cc2)cc1. The Morgan fingerprint density at radius 2 is 0.848 bits per heavy atom. The maximum absolute atomic E-state index is 12.4. The lowest BCUT2D eigenvalue weighted by Gasteiger charge is -2.08. The zero-order valence-corrected chi connectivity index (χ0v) is 18.0. The molecule has 0 amide bonds. The van der Waals surface area contributed by atoms with Crippen molar-refractivity contribution in [2.45, 2.75) is 12.8 Å². The van der Waals surface area contributed by atoms with Crippen molar-refractivity contribution in [3.05, 3.63) is 119 Å². The molecule has 0 bridgehead atoms. The number of Topliss-reactive ketones (excluding diaryl/α,β-unsaturated/α-hetero) is 2. The molecule has 0 aliphatic carbocycles. The molecule has 0 aromatic heterocycles. The van der Waals surface area contributed by atoms with E-state index in [4.69, 9.17) is 16.2 Å². The molecule has 0 saturated heterocycles. The summed E-state index contributed by atoms with van der Waals surface area (Å²) in [5, 5.41) is 0. The Morgan fingerprint density at radius 1 is 0.515 bits per heavy atom. The molecule has 5 nitrogen and oxygen atoms in total. The van der Waals surface area contributed by atoms with Gasteiger partial charge in [0.1, 0.15) is 11.5 Å². The van der Waals surface area contributed by atoms with Gasteiger partial charge in [-0.25, -0.2) is 0 Å². The molecule has 5 heteroatoms. The molecule has 0 unspecified atom stereocenters. The highest BCUT2D eigenvalue weighted by molar-refractivity contribution is 5.98. The van der Waals surface area contributed by atoms with Crippen molar-refractivity contribution in [3.63, 3.8) is 0 Å². The number of benzene rings is 4. The van der Waals surface area contributed by atoms with Crippen molar-refractivity contribution in [3.8, 4) is 11.5 Å². The second kappa shape index (κ2) is 9.83. The number of carbonyl (C=O) groups excluding carboxylic acids is 2. The number of anilines is 2. The summed E-state index contributed by atoms with van der Waals surface area (Å²) in [4.78, 5) is 24.8. The topological polar surface area (TPSA) is 95.4 Å². The molecule has 4 aromatic carbocycles. The molecule has 0 atom stereocenters. The van der Waals surface area contributed by atoms with Gasteiger partial charge >= 0.3 is 0 Å². The van der Waals surface area contributed by atoms with Gasteiger partial charge in [0.05, 0.1) is 0 Å². The summed E-state index contributed by atoms with van der Waals surface area (Å²) in [6.07, 6.45) is 0.613. The van der Waals surface area contributed by atoms with Gasteiger partial charge in [0.15, 0.2) is 11.6 Å². The number of nitrogen functional groups attached to an aromatic ring is 2. The Balaban J connectivity index is 1.33. The van der Waals surface area contributed by atoms with E-state index in [1.165, 1.54) is 0 Å². The average molecular weight is 437 g/mol. The monoisotopic (exact) mass is 436 g/mol. The molecule has 4 aromatic rings. The van der Waals surface area contributed by atoms with Crippen LogP contribution in [0.3, 0.4) is 0 Å². The van der Waals surface area contributed by atoms with Crippen molar-refractivity contribution in [1.82, 2.24) is 0 Å². The zero-order valence-electron chi connectivity index (χ0n) is 18.0. The maximum Gasteiger partial charge on any atom is 0.167 e. The molecule has 0 spiro atoms. The van der Waals surface area contributed by atoms with Crippen molar-refractivity contribution in [2.24, 2.45) is 0 Å². The minimum Gasteiger partial charge on any atom is -0.457 e. The zero-order chi connectivity index (χ0) is 23.2. The first kappa shape index (κ1) is 21.8. The van der Waals surface area contributed by atoms with Gasteiger partial charge in [-0.1, -0.05) is 24.3 Å². The lowest BCUT2D eigenvalue weighted by atomic mass is 10.0. The molecule has 0 aliphatic heterocycles. The molecule has 0 fully saturated rings. The fourth-order valence-corrected chi connectivity index (χ4v) is 3.40. The maximum atomic E-state index is 12.4. The van der Waals surface area contributed by atoms with Crippen LogP contribution < -0.4 is 16.2 Å². The van der Waals surface area contributed by atoms with Gasteiger partial charge in [-0.05, 0) is 83.9 Å². The predicted octanol–water partition coefficient (Wildman–Crippen LogP) is 5.49. The molecular formula is C28H24N2O3. The second-order valence-corrected chi connectivity index (χ2v) is 7.83. The van der Waals surface area contributed by atoms with E-state index in [0.29, 0.717) is 46.8 Å². The largest absolute Gasteiger partial charge is 0.457 e. The molecule has 0 radical (unpaired) electrons. The van der Waals surface area contributed by atoms with Gasteiger partial charge in [-0.3, -0.25) is 9.59 Å². The number of ether oxygens (including phenoxy) is 1. The fourth-order valence-electron chi connectivity index (χ4n) is 3.40. The van der Waals surface area contributed by atoms with E-state index >= 15 is 0 Å². The highest BCUT2D eigenvalue weighted by atomic mass is 16.5. The Kier molecular flexibility index (Phi) is 6.51. The van der Waals surface area contributed by atoms with Gasteiger partial charge in [0, 0.05) is 35.3 Å². The van der Waals surface area contributed by atoms with Crippen molar-refractivity contribution >= 4 is 22.9 Å². The predicted molar refractivity (Wildman–Crippen MR) is 131 cm³/mol. The van der Waals surface area contributed by atoms with Crippen LogP contribution in [-0.4, -0.2) is 11.6 Å². The van der Waals surface area contributed by atoms with Gasteiger partial charge in [0.2, 0.25) is 0 Å². The van der Waals surface area contributed by atoms with Crippen LogP contribution in [0.5, 0.6) is 11.5 Å². The van der Waals surface area contributed by atoms with E-state index < -0.39 is 0 Å². The van der Waals surface area contributed by atoms with E-state index in [0.717, 1.165) is 11.1 Å². The fraction of sp³-hybridized carbons (Fsp3) is 0.0714. The van der Waals surface area contributed by atoms with E-state index in [2.05, 4.69) is 0 Å². The first-order valence-corrected chi connectivity index (χ1v) is 10.6. The quantitative estimate of drug-likeness (QED) is 0.281. The lowest BCUT2D eigenvalue weighted by molar-refractivity contribution is 0.0985. The summed E-state index contributed by atoms with van der Waals surface area (Å²) < 4.78 is 5.90. The van der Waals surface area contributed by atoms with Crippen LogP contribution in [0.15, 0.2) is 97.1 Å². The molecule has 0 saturated carbocycles. The Labute approximate surface area is 192 Å². The van der Waals surface area contributed by atoms with Crippen LogP contribution in [0.1, 0.15) is 31.8 Å². The smallest absolute Gasteiger partial charge is 0.167 e. The van der Waals surface area contributed by atoms with Gasteiger partial charge in [-0.2, -0.15) is 0 Å². The standard InChI is InChI=1S/C28H24N2O3/c29-23-9-5-21(6-10-23)27(31)17-19-1-13-25(14-2-19)33-26-15-3-20(4-16-26)18-28(32)22-7-11-24(30)12-8-22/h1-16H,17-18,29-30H2. The van der Waals surface area contributed by atoms with Crippen LogP contribution in [0, 0.1) is 0 Å². The summed E-state index contributed by atoms with van der Waals surface area (Å²) in [5.41, 5.74) is 15.7. The van der Waals surface area contributed by atoms with Gasteiger partial charge in [0.25, 0.3) is 0 Å². The highest BCUT2D eigenvalue weighted by Crippen LogP contribution is 2.23. The second-order valence-electron chi connectivity index (χ2n) is 7.83. The van der Waals surface area contributed by atoms with E-state index in [1.54, 1.807) is 48.5 Å². The van der Waals surface area contributed by atoms with Crippen LogP contribution in [0.25, 0.3) is 0 Å². The summed E-state index contributed by atoms with van der Waals surface area (Å²) in [6, 6.07) is 28.7. The van der Waals surface area contributed by atoms with Crippen LogP contribution in [-0.2, 0) is 12.8 Å². The average Bonchev–Trinajstić information content (AvgIpc) is 2.82. The van der Waals surface area contributed by atoms with E-state index in [-0.39, 0.29) is 11.6 Å². The molecule has 0 heterocycles. The van der Waals surface area contributed by atoms with Crippen LogP contribution in [0.4, 0.5) is 11.4 Å². The molecular weight excluding hydrogens is 412 g/mol. The third kappa shape index (κ3) is 5.86. The van der Waals surface area contributed by atoms with Crippen molar-refractivity contribution < 1.29 is 14.3 Å². The molecule has 4 N–H and O–H groups in total.